The quantitative estimate of drug-likeness (QED) is 0.768. The Morgan fingerprint density at radius 1 is 1.29 bits per heavy atom. The molecular weight excluding hydrogens is 266 g/mol. The number of methoxy groups -OCH3 is 1. The normalized spacial score (nSPS) is 10.8. The van der Waals surface area contributed by atoms with Crippen LogP contribution in [0, 0.1) is 13.8 Å². The Labute approximate surface area is 125 Å². The summed E-state index contributed by atoms with van der Waals surface area (Å²) < 4.78 is 7.19. The lowest BCUT2D eigenvalue weighted by molar-refractivity contribution is 0.410. The molecule has 114 valence electrons. The lowest BCUT2D eigenvalue weighted by Crippen LogP contribution is -2.17. The standard InChI is InChI=1S/C16H23N3O2/c1-12-9-13(2)19(18-12)8-4-7-17-11-14-10-15(21-3)5-6-16(14)20/h5-6,9-10,17,20H,4,7-8,11H2,1-3H3. The molecule has 1 aromatic heterocycles. The first-order valence-corrected chi connectivity index (χ1v) is 7.18. The van der Waals surface area contributed by atoms with Gasteiger partial charge < -0.3 is 15.2 Å². The fourth-order valence-electron chi connectivity index (χ4n) is 2.31. The SMILES string of the molecule is COc1ccc(O)c(CNCCCn2nc(C)cc2C)c1. The Hall–Kier alpha value is -2.01. The number of aryl methyl sites for hydroxylation is 3. The number of phenols is 1. The zero-order valence-corrected chi connectivity index (χ0v) is 12.9. The van der Waals surface area contributed by atoms with E-state index in [9.17, 15) is 5.11 Å². The summed E-state index contributed by atoms with van der Waals surface area (Å²) in [6.07, 6.45) is 0.993. The molecule has 2 N–H and O–H groups in total. The summed E-state index contributed by atoms with van der Waals surface area (Å²) in [5.74, 6) is 1.05. The van der Waals surface area contributed by atoms with Crippen molar-refractivity contribution in [2.45, 2.75) is 33.4 Å². The van der Waals surface area contributed by atoms with Gasteiger partial charge in [-0.05, 0) is 51.1 Å². The van der Waals surface area contributed by atoms with Crippen molar-refractivity contribution < 1.29 is 9.84 Å². The maximum Gasteiger partial charge on any atom is 0.120 e. The van der Waals surface area contributed by atoms with Crippen molar-refractivity contribution in [3.63, 3.8) is 0 Å². The van der Waals surface area contributed by atoms with Crippen LogP contribution in [0.3, 0.4) is 0 Å². The highest BCUT2D eigenvalue weighted by atomic mass is 16.5. The van der Waals surface area contributed by atoms with Crippen LogP contribution in [-0.4, -0.2) is 28.5 Å². The van der Waals surface area contributed by atoms with E-state index >= 15 is 0 Å². The van der Waals surface area contributed by atoms with Crippen LogP contribution in [-0.2, 0) is 13.1 Å². The van der Waals surface area contributed by atoms with Gasteiger partial charge in [-0.2, -0.15) is 5.10 Å². The van der Waals surface area contributed by atoms with Gasteiger partial charge >= 0.3 is 0 Å². The van der Waals surface area contributed by atoms with Crippen LogP contribution in [0.1, 0.15) is 23.4 Å². The van der Waals surface area contributed by atoms with Crippen LogP contribution in [0.4, 0.5) is 0 Å². The molecule has 0 aliphatic carbocycles. The molecule has 5 nitrogen and oxygen atoms in total. The lowest BCUT2D eigenvalue weighted by Gasteiger charge is -2.09. The smallest absolute Gasteiger partial charge is 0.120 e. The molecule has 2 aromatic rings. The number of hydrogen-bond acceptors (Lipinski definition) is 4. The minimum Gasteiger partial charge on any atom is -0.508 e. The molecule has 5 heteroatoms. The van der Waals surface area contributed by atoms with Gasteiger partial charge in [0.2, 0.25) is 0 Å². The molecular formula is C16H23N3O2. The van der Waals surface area contributed by atoms with Gasteiger partial charge in [-0.3, -0.25) is 4.68 Å². The zero-order valence-electron chi connectivity index (χ0n) is 12.9. The van der Waals surface area contributed by atoms with Crippen molar-refractivity contribution in [2.24, 2.45) is 0 Å². The van der Waals surface area contributed by atoms with Crippen LogP contribution in [0.25, 0.3) is 0 Å². The highest BCUT2D eigenvalue weighted by molar-refractivity contribution is 5.39. The Bertz CT molecular complexity index is 593. The van der Waals surface area contributed by atoms with E-state index in [-0.39, 0.29) is 0 Å². The molecule has 0 amide bonds. The third-order valence-electron chi connectivity index (χ3n) is 3.43. The molecule has 21 heavy (non-hydrogen) atoms. The number of phenolic OH excluding ortho intramolecular Hbond substituents is 1. The molecule has 0 aliphatic rings. The summed E-state index contributed by atoms with van der Waals surface area (Å²) in [4.78, 5) is 0. The monoisotopic (exact) mass is 289 g/mol. The zero-order chi connectivity index (χ0) is 15.2. The van der Waals surface area contributed by atoms with E-state index < -0.39 is 0 Å². The van der Waals surface area contributed by atoms with Gasteiger partial charge in [-0.1, -0.05) is 0 Å². The second kappa shape index (κ2) is 7.13. The summed E-state index contributed by atoms with van der Waals surface area (Å²) in [7, 11) is 1.62. The maximum atomic E-state index is 9.79. The molecule has 0 saturated heterocycles. The summed E-state index contributed by atoms with van der Waals surface area (Å²) >= 11 is 0. The summed E-state index contributed by atoms with van der Waals surface area (Å²) in [6.45, 7) is 6.47. The highest BCUT2D eigenvalue weighted by Gasteiger charge is 2.03. The molecule has 0 aliphatic heterocycles. The van der Waals surface area contributed by atoms with Gasteiger partial charge in [0, 0.05) is 24.3 Å². The van der Waals surface area contributed by atoms with Crippen molar-refractivity contribution in [3.8, 4) is 11.5 Å². The number of hydrogen-bond donors (Lipinski definition) is 2. The number of aromatic hydroxyl groups is 1. The van der Waals surface area contributed by atoms with E-state index in [1.54, 1.807) is 19.2 Å². The van der Waals surface area contributed by atoms with E-state index in [1.807, 2.05) is 17.7 Å². The minimum atomic E-state index is 0.293. The first-order valence-electron chi connectivity index (χ1n) is 7.18. The topological polar surface area (TPSA) is 59.3 Å². The van der Waals surface area contributed by atoms with E-state index in [4.69, 9.17) is 4.74 Å². The van der Waals surface area contributed by atoms with Gasteiger partial charge in [0.25, 0.3) is 0 Å². The maximum absolute atomic E-state index is 9.79. The lowest BCUT2D eigenvalue weighted by atomic mass is 10.2. The van der Waals surface area contributed by atoms with Crippen LogP contribution in [0.15, 0.2) is 24.3 Å². The average Bonchev–Trinajstić information content (AvgIpc) is 2.78. The van der Waals surface area contributed by atoms with Gasteiger partial charge in [0.05, 0.1) is 12.8 Å². The van der Waals surface area contributed by atoms with Crippen molar-refractivity contribution in [1.29, 1.82) is 0 Å². The predicted molar refractivity (Wildman–Crippen MR) is 82.7 cm³/mol. The number of ether oxygens (including phenoxy) is 1. The molecule has 0 unspecified atom stereocenters. The number of aromatic nitrogens is 2. The highest BCUT2D eigenvalue weighted by Crippen LogP contribution is 2.22. The van der Waals surface area contributed by atoms with Gasteiger partial charge in [-0.15, -0.1) is 0 Å². The second-order valence-electron chi connectivity index (χ2n) is 5.18. The molecule has 0 atom stereocenters. The molecule has 0 bridgehead atoms. The Morgan fingerprint density at radius 2 is 2.10 bits per heavy atom. The largest absolute Gasteiger partial charge is 0.508 e. The van der Waals surface area contributed by atoms with Crippen molar-refractivity contribution in [2.75, 3.05) is 13.7 Å². The van der Waals surface area contributed by atoms with E-state index in [0.717, 1.165) is 36.5 Å². The first-order chi connectivity index (χ1) is 10.1. The van der Waals surface area contributed by atoms with Gasteiger partial charge in [0.1, 0.15) is 11.5 Å². The number of nitrogens with zero attached hydrogens (tertiary/aromatic N) is 2. The molecule has 2 rings (SSSR count). The van der Waals surface area contributed by atoms with Gasteiger partial charge in [-0.25, -0.2) is 0 Å². The first kappa shape index (κ1) is 15.4. The third kappa shape index (κ3) is 4.23. The molecule has 0 spiro atoms. The predicted octanol–water partition coefficient (Wildman–Crippen LogP) is 2.39. The van der Waals surface area contributed by atoms with E-state index in [0.29, 0.717) is 12.3 Å². The average molecular weight is 289 g/mol. The molecule has 0 saturated carbocycles. The molecule has 1 heterocycles. The summed E-state index contributed by atoms with van der Waals surface area (Å²) in [5.41, 5.74) is 3.10. The van der Waals surface area contributed by atoms with Crippen LogP contribution in [0.5, 0.6) is 11.5 Å². The Morgan fingerprint density at radius 3 is 2.76 bits per heavy atom. The molecule has 0 radical (unpaired) electrons. The van der Waals surface area contributed by atoms with Crippen LogP contribution >= 0.6 is 0 Å². The summed E-state index contributed by atoms with van der Waals surface area (Å²) in [6, 6.07) is 7.35. The number of rotatable bonds is 7. The molecule has 1 aromatic carbocycles. The Kier molecular flexibility index (Phi) is 5.22. The van der Waals surface area contributed by atoms with E-state index in [2.05, 4.69) is 23.4 Å². The van der Waals surface area contributed by atoms with Crippen LogP contribution < -0.4 is 10.1 Å². The second-order valence-corrected chi connectivity index (χ2v) is 5.18. The fraction of sp³-hybridized carbons (Fsp3) is 0.438. The van der Waals surface area contributed by atoms with Crippen molar-refractivity contribution in [1.82, 2.24) is 15.1 Å². The van der Waals surface area contributed by atoms with E-state index in [1.165, 1.54) is 5.69 Å². The van der Waals surface area contributed by atoms with Crippen LogP contribution in [0.2, 0.25) is 0 Å². The number of nitrogens with one attached hydrogen (secondary N) is 1. The number of benzene rings is 1. The fourth-order valence-corrected chi connectivity index (χ4v) is 2.31. The third-order valence-corrected chi connectivity index (χ3v) is 3.43. The molecule has 0 fully saturated rings. The summed E-state index contributed by atoms with van der Waals surface area (Å²) in [5, 5.41) is 17.6. The minimum absolute atomic E-state index is 0.293. The Balaban J connectivity index is 1.76. The van der Waals surface area contributed by atoms with Crippen molar-refractivity contribution >= 4 is 0 Å². The van der Waals surface area contributed by atoms with Crippen molar-refractivity contribution in [3.05, 3.63) is 41.2 Å². The van der Waals surface area contributed by atoms with Gasteiger partial charge in [0.15, 0.2) is 0 Å².